The number of aromatic nitrogens is 3. The molecule has 0 bridgehead atoms. The van der Waals surface area contributed by atoms with Crippen LogP contribution in [0.15, 0.2) is 53.2 Å². The summed E-state index contributed by atoms with van der Waals surface area (Å²) in [7, 11) is 0. The molecule has 8 nitrogen and oxygen atoms in total. The summed E-state index contributed by atoms with van der Waals surface area (Å²) in [5.41, 5.74) is 13.0. The Balaban J connectivity index is 1.62. The summed E-state index contributed by atoms with van der Waals surface area (Å²) in [4.78, 5) is 15.6. The molecule has 0 spiro atoms. The van der Waals surface area contributed by atoms with Crippen LogP contribution < -0.4 is 16.2 Å². The van der Waals surface area contributed by atoms with Gasteiger partial charge in [0.1, 0.15) is 12.3 Å². The van der Waals surface area contributed by atoms with Crippen LogP contribution in [0.1, 0.15) is 0 Å². The number of hydrogen-bond donors (Lipinski definition) is 2. The first-order valence-electron chi connectivity index (χ1n) is 9.01. The van der Waals surface area contributed by atoms with E-state index in [1.807, 2.05) is 12.1 Å². The Morgan fingerprint density at radius 3 is 2.71 bits per heavy atom. The van der Waals surface area contributed by atoms with Gasteiger partial charge >= 0.3 is 6.18 Å². The number of carbonyl (C=O) groups is 1. The smallest absolute Gasteiger partial charge is 0.422 e. The predicted molar refractivity (Wildman–Crippen MR) is 106 cm³/mol. The van der Waals surface area contributed by atoms with E-state index in [0.29, 0.717) is 17.0 Å². The Morgan fingerprint density at radius 2 is 2.00 bits per heavy atom. The average Bonchev–Trinajstić information content (AvgIpc) is 3.33. The van der Waals surface area contributed by atoms with E-state index in [9.17, 15) is 18.0 Å². The van der Waals surface area contributed by atoms with Crippen LogP contribution in [0.4, 0.5) is 18.9 Å². The minimum absolute atomic E-state index is 0.00660. The number of nitrogens with zero attached hydrogens (tertiary/aromatic N) is 3. The molecule has 0 aliphatic carbocycles. The van der Waals surface area contributed by atoms with E-state index >= 15 is 0 Å². The number of nitrogens with two attached hydrogens (primary N) is 2. The molecule has 0 saturated heterocycles. The lowest BCUT2D eigenvalue weighted by molar-refractivity contribution is -0.153. The molecule has 1 amide bonds. The summed E-state index contributed by atoms with van der Waals surface area (Å²) in [6.45, 7) is -1.41. The molecule has 4 aromatic rings. The second-order valence-electron chi connectivity index (χ2n) is 6.73. The molecule has 160 valence electrons. The molecule has 0 radical (unpaired) electrons. The molecule has 2 aromatic heterocycles. The SMILES string of the molecule is NC(=O)Cn1ccc2c(-c3noc(-c4ccc(OCC(F)(F)F)c(N)c4)n3)cccc21. The number of anilines is 1. The molecule has 0 unspecified atom stereocenters. The summed E-state index contributed by atoms with van der Waals surface area (Å²) in [5.74, 6) is -0.127. The Labute approximate surface area is 173 Å². The van der Waals surface area contributed by atoms with Gasteiger partial charge in [-0.3, -0.25) is 4.79 Å². The van der Waals surface area contributed by atoms with Crippen LogP contribution in [-0.2, 0) is 11.3 Å². The third kappa shape index (κ3) is 4.29. The van der Waals surface area contributed by atoms with Crippen molar-refractivity contribution >= 4 is 22.5 Å². The van der Waals surface area contributed by atoms with Crippen molar-refractivity contribution in [3.63, 3.8) is 0 Å². The lowest BCUT2D eigenvalue weighted by atomic mass is 10.1. The lowest BCUT2D eigenvalue weighted by Gasteiger charge is -2.11. The molecule has 0 fully saturated rings. The number of benzene rings is 2. The third-order valence-electron chi connectivity index (χ3n) is 4.45. The Morgan fingerprint density at radius 1 is 1.19 bits per heavy atom. The lowest BCUT2D eigenvalue weighted by Crippen LogP contribution is -2.19. The van der Waals surface area contributed by atoms with Gasteiger partial charge in [0.25, 0.3) is 5.89 Å². The first-order chi connectivity index (χ1) is 14.7. The largest absolute Gasteiger partial charge is 0.482 e. The van der Waals surface area contributed by atoms with E-state index in [1.54, 1.807) is 22.9 Å². The monoisotopic (exact) mass is 431 g/mol. The molecule has 0 atom stereocenters. The molecule has 4 rings (SSSR count). The maximum Gasteiger partial charge on any atom is 0.422 e. The number of ether oxygens (including phenoxy) is 1. The van der Waals surface area contributed by atoms with Crippen LogP contribution in [0.2, 0.25) is 0 Å². The maximum atomic E-state index is 12.3. The van der Waals surface area contributed by atoms with Crippen molar-refractivity contribution in [2.45, 2.75) is 12.7 Å². The number of carbonyl (C=O) groups excluding carboxylic acids is 1. The fraction of sp³-hybridized carbons (Fsp3) is 0.150. The van der Waals surface area contributed by atoms with Crippen molar-refractivity contribution in [3.05, 3.63) is 48.7 Å². The summed E-state index contributed by atoms with van der Waals surface area (Å²) in [6.07, 6.45) is -2.73. The molecule has 0 aliphatic rings. The van der Waals surface area contributed by atoms with E-state index < -0.39 is 18.7 Å². The molecule has 2 heterocycles. The predicted octanol–water partition coefficient (Wildman–Crippen LogP) is 3.37. The van der Waals surface area contributed by atoms with Gasteiger partial charge in [0.05, 0.1) is 5.69 Å². The molecule has 11 heteroatoms. The second kappa shape index (κ2) is 7.67. The molecule has 31 heavy (non-hydrogen) atoms. The minimum atomic E-state index is -4.47. The topological polar surface area (TPSA) is 122 Å². The van der Waals surface area contributed by atoms with Gasteiger partial charge in [-0.1, -0.05) is 17.3 Å². The second-order valence-corrected chi connectivity index (χ2v) is 6.73. The van der Waals surface area contributed by atoms with Crippen molar-refractivity contribution in [2.75, 3.05) is 12.3 Å². The van der Waals surface area contributed by atoms with Crippen molar-refractivity contribution in [2.24, 2.45) is 5.73 Å². The molecule has 2 aromatic carbocycles. The Kier molecular flexibility index (Phi) is 5.01. The van der Waals surface area contributed by atoms with Crippen LogP contribution in [0.25, 0.3) is 33.7 Å². The van der Waals surface area contributed by atoms with Gasteiger partial charge in [-0.15, -0.1) is 0 Å². The van der Waals surface area contributed by atoms with Gasteiger partial charge in [-0.05, 0) is 30.3 Å². The van der Waals surface area contributed by atoms with Crippen molar-refractivity contribution < 1.29 is 27.2 Å². The van der Waals surface area contributed by atoms with E-state index in [2.05, 4.69) is 10.1 Å². The number of alkyl halides is 3. The zero-order valence-electron chi connectivity index (χ0n) is 15.9. The minimum Gasteiger partial charge on any atom is -0.482 e. The first kappa shape index (κ1) is 20.3. The highest BCUT2D eigenvalue weighted by atomic mass is 19.4. The van der Waals surface area contributed by atoms with Crippen molar-refractivity contribution in [1.29, 1.82) is 0 Å². The van der Waals surface area contributed by atoms with Gasteiger partial charge in [0.15, 0.2) is 6.61 Å². The normalized spacial score (nSPS) is 11.7. The summed E-state index contributed by atoms with van der Waals surface area (Å²) < 4.78 is 48.7. The number of primary amides is 1. The Hall–Kier alpha value is -4.02. The highest BCUT2D eigenvalue weighted by Gasteiger charge is 2.28. The number of hydrogen-bond acceptors (Lipinski definition) is 6. The van der Waals surface area contributed by atoms with Crippen LogP contribution in [0.3, 0.4) is 0 Å². The van der Waals surface area contributed by atoms with Crippen LogP contribution in [0, 0.1) is 0 Å². The van der Waals surface area contributed by atoms with Crippen molar-refractivity contribution in [3.8, 4) is 28.6 Å². The number of fused-ring (bicyclic) bond motifs is 1. The molecule has 0 saturated carbocycles. The van der Waals surface area contributed by atoms with Gasteiger partial charge in [0.2, 0.25) is 11.7 Å². The van der Waals surface area contributed by atoms with E-state index in [1.165, 1.54) is 18.2 Å². The van der Waals surface area contributed by atoms with Gasteiger partial charge < -0.3 is 25.3 Å². The summed E-state index contributed by atoms with van der Waals surface area (Å²) in [6, 6.07) is 11.4. The van der Waals surface area contributed by atoms with Gasteiger partial charge in [-0.25, -0.2) is 0 Å². The van der Waals surface area contributed by atoms with Crippen LogP contribution >= 0.6 is 0 Å². The van der Waals surface area contributed by atoms with Crippen LogP contribution in [-0.4, -0.2) is 33.4 Å². The molecule has 4 N–H and O–H groups in total. The van der Waals surface area contributed by atoms with Crippen LogP contribution in [0.5, 0.6) is 5.75 Å². The van der Waals surface area contributed by atoms with E-state index in [4.69, 9.17) is 20.7 Å². The maximum absolute atomic E-state index is 12.3. The molecule has 0 aliphatic heterocycles. The Bertz CT molecular complexity index is 1260. The summed E-state index contributed by atoms with van der Waals surface area (Å²) >= 11 is 0. The number of halogens is 3. The zero-order chi connectivity index (χ0) is 22.2. The van der Waals surface area contributed by atoms with Crippen molar-refractivity contribution in [1.82, 2.24) is 14.7 Å². The zero-order valence-corrected chi connectivity index (χ0v) is 15.9. The van der Waals surface area contributed by atoms with E-state index in [-0.39, 0.29) is 23.9 Å². The van der Waals surface area contributed by atoms with Gasteiger partial charge in [0, 0.05) is 28.2 Å². The summed E-state index contributed by atoms with van der Waals surface area (Å²) in [5, 5.41) is 4.79. The quantitative estimate of drug-likeness (QED) is 0.452. The molecular weight excluding hydrogens is 415 g/mol. The standard InChI is InChI=1S/C20H16F3N5O3/c21-20(22,23)10-30-16-5-4-11(8-14(16)24)19-26-18(27-31-19)13-2-1-3-15-12(13)6-7-28(15)9-17(25)29/h1-8H,9-10,24H2,(H2,25,29). The molecular formula is C20H16F3N5O3. The number of amides is 1. The first-order valence-corrected chi connectivity index (χ1v) is 9.01. The number of nitrogen functional groups attached to an aromatic ring is 1. The number of rotatable bonds is 6. The van der Waals surface area contributed by atoms with Gasteiger partial charge in [-0.2, -0.15) is 18.2 Å². The highest BCUT2D eigenvalue weighted by Crippen LogP contribution is 2.32. The fourth-order valence-electron chi connectivity index (χ4n) is 3.15. The third-order valence-corrected chi connectivity index (χ3v) is 4.45. The average molecular weight is 431 g/mol. The van der Waals surface area contributed by atoms with E-state index in [0.717, 1.165) is 10.9 Å². The highest BCUT2D eigenvalue weighted by molar-refractivity contribution is 5.94. The fourth-order valence-corrected chi connectivity index (χ4v) is 3.15.